The summed E-state index contributed by atoms with van der Waals surface area (Å²) in [5.74, 6) is -0.104. The Balaban J connectivity index is 1.83. The second kappa shape index (κ2) is 8.38. The van der Waals surface area contributed by atoms with Gasteiger partial charge in [-0.15, -0.1) is 11.8 Å². The molecule has 1 amide bonds. The first-order valence-electron chi connectivity index (χ1n) is 8.33. The van der Waals surface area contributed by atoms with E-state index in [4.69, 9.17) is 12.2 Å². The predicted molar refractivity (Wildman–Crippen MR) is 111 cm³/mol. The molecule has 0 saturated carbocycles. The summed E-state index contributed by atoms with van der Waals surface area (Å²) in [5.41, 5.74) is 3.51. The van der Waals surface area contributed by atoms with Crippen LogP contribution in [0.25, 0.3) is 0 Å². The van der Waals surface area contributed by atoms with Gasteiger partial charge in [0.25, 0.3) is 5.91 Å². The molecule has 0 unspecified atom stereocenters. The normalized spacial score (nSPS) is 16.7. The van der Waals surface area contributed by atoms with Gasteiger partial charge in [-0.3, -0.25) is 4.79 Å². The van der Waals surface area contributed by atoms with Crippen LogP contribution in [0.2, 0.25) is 0 Å². The Kier molecular flexibility index (Phi) is 5.96. The first-order valence-corrected chi connectivity index (χ1v) is 9.96. The average molecular weight is 384 g/mol. The fraction of sp³-hybridized carbons (Fsp3) is 0.200. The van der Waals surface area contributed by atoms with Crippen LogP contribution in [0.1, 0.15) is 24.1 Å². The minimum absolute atomic E-state index is 0.104. The van der Waals surface area contributed by atoms with Gasteiger partial charge in [-0.05, 0) is 48.7 Å². The number of benzene rings is 2. The van der Waals surface area contributed by atoms with Gasteiger partial charge in [-0.25, -0.2) is 0 Å². The molecule has 1 aliphatic rings. The lowest BCUT2D eigenvalue weighted by Crippen LogP contribution is -2.46. The van der Waals surface area contributed by atoms with E-state index in [1.807, 2.05) is 55.6 Å². The predicted octanol–water partition coefficient (Wildman–Crippen LogP) is 3.52. The van der Waals surface area contributed by atoms with E-state index in [0.29, 0.717) is 17.2 Å². The number of hydrogen-bond acceptors (Lipinski definition) is 3. The van der Waals surface area contributed by atoms with Crippen LogP contribution in [-0.4, -0.2) is 17.3 Å². The monoisotopic (exact) mass is 383 g/mol. The zero-order chi connectivity index (χ0) is 18.5. The number of carbonyl (C=O) groups is 1. The van der Waals surface area contributed by atoms with Crippen molar-refractivity contribution in [1.82, 2.24) is 16.0 Å². The zero-order valence-corrected chi connectivity index (χ0v) is 16.3. The fourth-order valence-corrected chi connectivity index (χ4v) is 3.59. The Morgan fingerprint density at radius 3 is 2.50 bits per heavy atom. The first-order chi connectivity index (χ1) is 12.6. The van der Waals surface area contributed by atoms with Crippen LogP contribution >= 0.6 is 24.0 Å². The molecular formula is C20H21N3OS2. The quantitative estimate of drug-likeness (QED) is 0.545. The minimum Gasteiger partial charge on any atom is -0.351 e. The SMILES string of the molecule is CSc1ccc([C@H]2NC(=S)NC(C)=C2C(=O)NCc2ccccc2)cc1. The molecule has 1 aliphatic heterocycles. The number of thioether (sulfide) groups is 1. The van der Waals surface area contributed by atoms with Crippen molar-refractivity contribution in [2.24, 2.45) is 0 Å². The van der Waals surface area contributed by atoms with E-state index in [9.17, 15) is 4.79 Å². The zero-order valence-electron chi connectivity index (χ0n) is 14.7. The summed E-state index contributed by atoms with van der Waals surface area (Å²) in [6.45, 7) is 2.37. The van der Waals surface area contributed by atoms with E-state index in [1.165, 1.54) is 4.90 Å². The minimum atomic E-state index is -0.268. The molecule has 3 rings (SSSR count). The highest BCUT2D eigenvalue weighted by atomic mass is 32.2. The van der Waals surface area contributed by atoms with Gasteiger partial charge in [0.15, 0.2) is 5.11 Å². The second-order valence-corrected chi connectivity index (χ2v) is 7.30. The summed E-state index contributed by atoms with van der Waals surface area (Å²) < 4.78 is 0. The van der Waals surface area contributed by atoms with Crippen molar-refractivity contribution in [2.45, 2.75) is 24.4 Å². The molecule has 1 heterocycles. The number of hydrogen-bond donors (Lipinski definition) is 3. The summed E-state index contributed by atoms with van der Waals surface area (Å²) in [4.78, 5) is 14.1. The number of thiocarbonyl (C=S) groups is 1. The molecule has 1 atom stereocenters. The Bertz CT molecular complexity index is 832. The van der Waals surface area contributed by atoms with E-state index in [-0.39, 0.29) is 11.9 Å². The number of amides is 1. The van der Waals surface area contributed by atoms with Crippen LogP contribution in [0.15, 0.2) is 70.8 Å². The largest absolute Gasteiger partial charge is 0.351 e. The highest BCUT2D eigenvalue weighted by Gasteiger charge is 2.29. The molecule has 6 heteroatoms. The van der Waals surface area contributed by atoms with E-state index < -0.39 is 0 Å². The molecule has 2 aromatic rings. The maximum Gasteiger partial charge on any atom is 0.251 e. The first kappa shape index (κ1) is 18.5. The average Bonchev–Trinajstić information content (AvgIpc) is 2.66. The summed E-state index contributed by atoms with van der Waals surface area (Å²) in [7, 11) is 0. The molecule has 0 spiro atoms. The third-order valence-electron chi connectivity index (χ3n) is 4.26. The smallest absolute Gasteiger partial charge is 0.251 e. The Hall–Kier alpha value is -2.31. The van der Waals surface area contributed by atoms with Crippen LogP contribution < -0.4 is 16.0 Å². The van der Waals surface area contributed by atoms with Gasteiger partial charge in [-0.1, -0.05) is 42.5 Å². The van der Waals surface area contributed by atoms with Crippen molar-refractivity contribution >= 4 is 35.0 Å². The summed E-state index contributed by atoms with van der Waals surface area (Å²) in [6, 6.07) is 17.8. The maximum absolute atomic E-state index is 12.9. The molecular weight excluding hydrogens is 362 g/mol. The van der Waals surface area contributed by atoms with Gasteiger partial charge in [-0.2, -0.15) is 0 Å². The van der Waals surface area contributed by atoms with Gasteiger partial charge in [0.1, 0.15) is 0 Å². The Labute approximate surface area is 163 Å². The molecule has 0 saturated heterocycles. The maximum atomic E-state index is 12.9. The third-order valence-corrected chi connectivity index (χ3v) is 5.22. The van der Waals surface area contributed by atoms with Crippen molar-refractivity contribution in [1.29, 1.82) is 0 Å². The lowest BCUT2D eigenvalue weighted by molar-refractivity contribution is -0.118. The van der Waals surface area contributed by atoms with Crippen LogP contribution in [0, 0.1) is 0 Å². The van der Waals surface area contributed by atoms with Gasteiger partial charge < -0.3 is 16.0 Å². The molecule has 3 N–H and O–H groups in total. The van der Waals surface area contributed by atoms with Gasteiger partial charge in [0, 0.05) is 17.1 Å². The highest BCUT2D eigenvalue weighted by molar-refractivity contribution is 7.98. The van der Waals surface area contributed by atoms with Gasteiger partial charge in [0.05, 0.1) is 11.6 Å². The summed E-state index contributed by atoms with van der Waals surface area (Å²) in [6.07, 6.45) is 2.04. The molecule has 2 aromatic carbocycles. The summed E-state index contributed by atoms with van der Waals surface area (Å²) in [5, 5.41) is 9.83. The molecule has 0 radical (unpaired) electrons. The van der Waals surface area contributed by atoms with Crippen molar-refractivity contribution in [3.8, 4) is 0 Å². The Morgan fingerprint density at radius 1 is 1.15 bits per heavy atom. The van der Waals surface area contributed by atoms with Crippen LogP contribution in [0.3, 0.4) is 0 Å². The number of allylic oxidation sites excluding steroid dienone is 1. The molecule has 0 aromatic heterocycles. The molecule has 4 nitrogen and oxygen atoms in total. The van der Waals surface area contributed by atoms with Crippen molar-refractivity contribution < 1.29 is 4.79 Å². The standard InChI is InChI=1S/C20H21N3OS2/c1-13-17(19(24)21-12-14-6-4-3-5-7-14)18(23-20(25)22-13)15-8-10-16(26-2)11-9-15/h3-11,18H,12H2,1-2H3,(H,21,24)(H2,22,23,25)/t18-/m1/s1. The van der Waals surface area contributed by atoms with Gasteiger partial charge in [0.2, 0.25) is 0 Å². The number of nitrogens with one attached hydrogen (secondary N) is 3. The molecule has 0 bridgehead atoms. The van der Waals surface area contributed by atoms with E-state index >= 15 is 0 Å². The second-order valence-electron chi connectivity index (χ2n) is 6.01. The van der Waals surface area contributed by atoms with E-state index in [1.54, 1.807) is 11.8 Å². The lowest BCUT2D eigenvalue weighted by Gasteiger charge is -2.30. The van der Waals surface area contributed by atoms with Crippen LogP contribution in [0.4, 0.5) is 0 Å². The topological polar surface area (TPSA) is 53.2 Å². The summed E-state index contributed by atoms with van der Waals surface area (Å²) >= 11 is 6.99. The lowest BCUT2D eigenvalue weighted by atomic mass is 9.95. The van der Waals surface area contributed by atoms with Crippen molar-refractivity contribution in [3.63, 3.8) is 0 Å². The van der Waals surface area contributed by atoms with E-state index in [0.717, 1.165) is 16.8 Å². The van der Waals surface area contributed by atoms with Crippen LogP contribution in [-0.2, 0) is 11.3 Å². The molecule has 0 aliphatic carbocycles. The van der Waals surface area contributed by atoms with E-state index in [2.05, 4.69) is 28.1 Å². The third kappa shape index (κ3) is 4.26. The highest BCUT2D eigenvalue weighted by Crippen LogP contribution is 2.28. The molecule has 26 heavy (non-hydrogen) atoms. The Morgan fingerprint density at radius 2 is 1.85 bits per heavy atom. The molecule has 134 valence electrons. The van der Waals surface area contributed by atoms with Crippen molar-refractivity contribution in [2.75, 3.05) is 6.26 Å². The number of rotatable bonds is 5. The van der Waals surface area contributed by atoms with Crippen LogP contribution in [0.5, 0.6) is 0 Å². The number of carbonyl (C=O) groups excluding carboxylic acids is 1. The fourth-order valence-electron chi connectivity index (χ4n) is 2.91. The molecule has 0 fully saturated rings. The van der Waals surface area contributed by atoms with Gasteiger partial charge >= 0.3 is 0 Å². The van der Waals surface area contributed by atoms with Crippen molar-refractivity contribution in [3.05, 3.63) is 77.0 Å².